The lowest BCUT2D eigenvalue weighted by molar-refractivity contribution is 0.570. The number of hydrogen-bond acceptors (Lipinski definition) is 4. The zero-order valence-corrected chi connectivity index (χ0v) is 9.80. The van der Waals surface area contributed by atoms with Crippen LogP contribution in [-0.4, -0.2) is 25.6 Å². The normalized spacial score (nSPS) is 13.1. The molecule has 0 amide bonds. The first-order chi connectivity index (χ1) is 8.10. The minimum Gasteiger partial charge on any atom is -0.328 e. The quantitative estimate of drug-likeness (QED) is 0.746. The van der Waals surface area contributed by atoms with E-state index in [1.54, 1.807) is 10.9 Å². The molecular formula is C10H15N5O2. The fraction of sp³-hybridized carbons (Fsp3) is 0.500. The van der Waals surface area contributed by atoms with E-state index in [0.29, 0.717) is 24.3 Å². The molecule has 17 heavy (non-hydrogen) atoms. The molecule has 0 aromatic carbocycles. The van der Waals surface area contributed by atoms with Gasteiger partial charge in [0.15, 0.2) is 11.2 Å². The van der Waals surface area contributed by atoms with Gasteiger partial charge in [-0.3, -0.25) is 14.3 Å². The van der Waals surface area contributed by atoms with Crippen LogP contribution in [0.1, 0.15) is 19.9 Å². The maximum absolute atomic E-state index is 11.8. The van der Waals surface area contributed by atoms with Crippen molar-refractivity contribution in [1.29, 1.82) is 0 Å². The molecule has 7 nitrogen and oxygen atoms in total. The first-order valence-corrected chi connectivity index (χ1v) is 5.49. The highest BCUT2D eigenvalue weighted by atomic mass is 16.2. The summed E-state index contributed by atoms with van der Waals surface area (Å²) in [5.74, 6) is 0. The van der Waals surface area contributed by atoms with Crippen LogP contribution in [0, 0.1) is 0 Å². The third kappa shape index (κ3) is 1.68. The van der Waals surface area contributed by atoms with Gasteiger partial charge < -0.3 is 10.3 Å². The molecule has 1 atom stereocenters. The van der Waals surface area contributed by atoms with Crippen molar-refractivity contribution in [3.63, 3.8) is 0 Å². The van der Waals surface area contributed by atoms with Crippen LogP contribution in [0.3, 0.4) is 0 Å². The van der Waals surface area contributed by atoms with E-state index in [4.69, 9.17) is 5.73 Å². The number of aromatic amines is 1. The zero-order valence-electron chi connectivity index (χ0n) is 9.80. The van der Waals surface area contributed by atoms with Crippen LogP contribution in [0.5, 0.6) is 0 Å². The number of rotatable bonds is 3. The van der Waals surface area contributed by atoms with Crippen LogP contribution in [0.4, 0.5) is 0 Å². The van der Waals surface area contributed by atoms with E-state index in [9.17, 15) is 9.59 Å². The summed E-state index contributed by atoms with van der Waals surface area (Å²) in [6.07, 6.45) is 1.54. The van der Waals surface area contributed by atoms with Gasteiger partial charge >= 0.3 is 5.69 Å². The highest BCUT2D eigenvalue weighted by Crippen LogP contribution is 2.11. The molecule has 2 aromatic rings. The predicted octanol–water partition coefficient (Wildman–Crippen LogP) is -0.574. The van der Waals surface area contributed by atoms with Crippen LogP contribution >= 0.6 is 0 Å². The summed E-state index contributed by atoms with van der Waals surface area (Å²) in [6.45, 7) is 4.57. The molecule has 1 unspecified atom stereocenters. The molecule has 0 saturated heterocycles. The fourth-order valence-electron chi connectivity index (χ4n) is 1.83. The van der Waals surface area contributed by atoms with Gasteiger partial charge in [0.25, 0.3) is 5.56 Å². The van der Waals surface area contributed by atoms with Gasteiger partial charge in [0.1, 0.15) is 0 Å². The molecule has 0 fully saturated rings. The predicted molar refractivity (Wildman–Crippen MR) is 64.1 cm³/mol. The third-order valence-corrected chi connectivity index (χ3v) is 2.84. The van der Waals surface area contributed by atoms with E-state index in [1.807, 2.05) is 13.8 Å². The van der Waals surface area contributed by atoms with E-state index < -0.39 is 11.2 Å². The Morgan fingerprint density at radius 1 is 1.53 bits per heavy atom. The standard InChI is InChI=1S/C10H15N5O2/c1-3-14-8-7(9(16)13-10(14)17)15(5-12-8)6(2)4-11/h5-6H,3-4,11H2,1-2H3,(H,13,16,17). The number of fused-ring (bicyclic) bond motifs is 1. The molecule has 0 bridgehead atoms. The summed E-state index contributed by atoms with van der Waals surface area (Å²) in [6, 6.07) is -0.0380. The molecule has 0 aliphatic rings. The van der Waals surface area contributed by atoms with E-state index in [0.717, 1.165) is 0 Å². The number of aryl methyl sites for hydroxylation is 1. The average Bonchev–Trinajstić information content (AvgIpc) is 2.73. The van der Waals surface area contributed by atoms with Crippen molar-refractivity contribution in [2.75, 3.05) is 6.54 Å². The minimum absolute atomic E-state index is 0.0380. The molecule has 92 valence electrons. The second-order valence-electron chi connectivity index (χ2n) is 3.91. The number of imidazole rings is 1. The molecule has 0 radical (unpaired) electrons. The monoisotopic (exact) mass is 237 g/mol. The minimum atomic E-state index is -0.435. The van der Waals surface area contributed by atoms with Gasteiger partial charge in [-0.05, 0) is 13.8 Å². The SMILES string of the molecule is CCn1c(=O)[nH]c(=O)c2c1ncn2C(C)CN. The molecule has 2 aromatic heterocycles. The van der Waals surface area contributed by atoms with Crippen molar-refractivity contribution < 1.29 is 0 Å². The first kappa shape index (κ1) is 11.6. The number of nitrogens with two attached hydrogens (primary N) is 1. The summed E-state index contributed by atoms with van der Waals surface area (Å²) >= 11 is 0. The van der Waals surface area contributed by atoms with E-state index in [2.05, 4.69) is 9.97 Å². The van der Waals surface area contributed by atoms with Crippen LogP contribution < -0.4 is 17.0 Å². The zero-order chi connectivity index (χ0) is 12.6. The van der Waals surface area contributed by atoms with Gasteiger partial charge in [0, 0.05) is 19.1 Å². The first-order valence-electron chi connectivity index (χ1n) is 5.49. The van der Waals surface area contributed by atoms with Gasteiger partial charge in [-0.2, -0.15) is 0 Å². The number of H-pyrrole nitrogens is 1. The maximum atomic E-state index is 11.8. The Balaban J connectivity index is 2.86. The Morgan fingerprint density at radius 3 is 2.82 bits per heavy atom. The largest absolute Gasteiger partial charge is 0.330 e. The van der Waals surface area contributed by atoms with Crippen molar-refractivity contribution in [3.05, 3.63) is 27.2 Å². The summed E-state index contributed by atoms with van der Waals surface area (Å²) in [5, 5.41) is 0. The number of nitrogens with one attached hydrogen (secondary N) is 1. The summed E-state index contributed by atoms with van der Waals surface area (Å²) < 4.78 is 3.12. The lowest BCUT2D eigenvalue weighted by Crippen LogP contribution is -2.31. The summed E-state index contributed by atoms with van der Waals surface area (Å²) in [4.78, 5) is 29.8. The fourth-order valence-corrected chi connectivity index (χ4v) is 1.83. The Labute approximate surface area is 96.9 Å². The van der Waals surface area contributed by atoms with Crippen molar-refractivity contribution >= 4 is 11.2 Å². The van der Waals surface area contributed by atoms with Crippen LogP contribution in [-0.2, 0) is 6.54 Å². The highest BCUT2D eigenvalue weighted by Gasteiger charge is 2.15. The molecular weight excluding hydrogens is 222 g/mol. The van der Waals surface area contributed by atoms with Crippen LogP contribution in [0.2, 0.25) is 0 Å². The Kier molecular flexibility index (Phi) is 2.84. The molecule has 0 spiro atoms. The Bertz CT molecular complexity index is 651. The molecule has 2 rings (SSSR count). The molecule has 0 aliphatic carbocycles. The van der Waals surface area contributed by atoms with E-state index in [-0.39, 0.29) is 6.04 Å². The Morgan fingerprint density at radius 2 is 2.24 bits per heavy atom. The van der Waals surface area contributed by atoms with Gasteiger partial charge in [0.2, 0.25) is 0 Å². The number of hydrogen-bond donors (Lipinski definition) is 2. The van der Waals surface area contributed by atoms with Gasteiger partial charge in [0.05, 0.1) is 6.33 Å². The lowest BCUT2D eigenvalue weighted by Gasteiger charge is -2.11. The third-order valence-electron chi connectivity index (χ3n) is 2.84. The van der Waals surface area contributed by atoms with E-state index in [1.165, 1.54) is 4.57 Å². The van der Waals surface area contributed by atoms with Crippen molar-refractivity contribution in [3.8, 4) is 0 Å². The van der Waals surface area contributed by atoms with Crippen LogP contribution in [0.15, 0.2) is 15.9 Å². The second kappa shape index (κ2) is 4.17. The van der Waals surface area contributed by atoms with Crippen molar-refractivity contribution in [2.45, 2.75) is 26.4 Å². The Hall–Kier alpha value is -1.89. The summed E-state index contributed by atoms with van der Waals surface area (Å²) in [7, 11) is 0. The number of nitrogens with zero attached hydrogens (tertiary/aromatic N) is 3. The molecule has 3 N–H and O–H groups in total. The van der Waals surface area contributed by atoms with E-state index >= 15 is 0 Å². The molecule has 2 heterocycles. The van der Waals surface area contributed by atoms with Gasteiger partial charge in [-0.25, -0.2) is 9.78 Å². The highest BCUT2D eigenvalue weighted by molar-refractivity contribution is 5.70. The smallest absolute Gasteiger partial charge is 0.328 e. The van der Waals surface area contributed by atoms with Crippen molar-refractivity contribution in [2.24, 2.45) is 5.73 Å². The maximum Gasteiger partial charge on any atom is 0.330 e. The van der Waals surface area contributed by atoms with Crippen LogP contribution in [0.25, 0.3) is 11.2 Å². The second-order valence-corrected chi connectivity index (χ2v) is 3.91. The topological polar surface area (TPSA) is 98.7 Å². The molecule has 0 aliphatic heterocycles. The van der Waals surface area contributed by atoms with Crippen molar-refractivity contribution in [1.82, 2.24) is 19.1 Å². The average molecular weight is 237 g/mol. The lowest BCUT2D eigenvalue weighted by atomic mass is 10.3. The van der Waals surface area contributed by atoms with Gasteiger partial charge in [-0.1, -0.05) is 0 Å². The molecule has 0 saturated carbocycles. The molecule has 7 heteroatoms. The number of aromatic nitrogens is 4. The summed E-state index contributed by atoms with van der Waals surface area (Å²) in [5.41, 5.74) is 5.51. The van der Waals surface area contributed by atoms with Gasteiger partial charge in [-0.15, -0.1) is 0 Å².